The highest BCUT2D eigenvalue weighted by Crippen LogP contribution is 2.21. The topological polar surface area (TPSA) is 56.5 Å². The van der Waals surface area contributed by atoms with Crippen molar-refractivity contribution < 1.29 is 13.9 Å². The molecule has 2 rings (SSSR count). The first-order valence-electron chi connectivity index (χ1n) is 6.43. The minimum atomic E-state index is -0.101. The number of aromatic nitrogens is 1. The van der Waals surface area contributed by atoms with Crippen LogP contribution < -0.4 is 5.32 Å². The second-order valence-corrected chi connectivity index (χ2v) is 5.52. The van der Waals surface area contributed by atoms with Gasteiger partial charge in [-0.25, -0.2) is 4.98 Å². The van der Waals surface area contributed by atoms with Crippen molar-refractivity contribution >= 4 is 0 Å². The first-order chi connectivity index (χ1) is 8.54. The van der Waals surface area contributed by atoms with Crippen LogP contribution in [0.15, 0.2) is 10.6 Å². The Bertz CT molecular complexity index is 365. The van der Waals surface area contributed by atoms with Crippen LogP contribution in [0.1, 0.15) is 38.5 Å². The molecule has 5 nitrogen and oxygen atoms in total. The fraction of sp³-hybridized carbons (Fsp3) is 0.769. The number of ether oxygens (including phenoxy) is 2. The maximum Gasteiger partial charge on any atom is 0.195 e. The normalized spacial score (nSPS) is 21.2. The monoisotopic (exact) mass is 254 g/mol. The summed E-state index contributed by atoms with van der Waals surface area (Å²) in [4.78, 5) is 4.27. The van der Waals surface area contributed by atoms with E-state index in [4.69, 9.17) is 13.9 Å². The SMILES string of the molecule is CC(C)(C)NCCc1ncc(C2COCCO2)o1. The molecule has 1 atom stereocenters. The van der Waals surface area contributed by atoms with Crippen molar-refractivity contribution in [2.24, 2.45) is 0 Å². The zero-order valence-corrected chi connectivity index (χ0v) is 11.4. The average Bonchev–Trinajstić information content (AvgIpc) is 2.77. The number of nitrogens with zero attached hydrogens (tertiary/aromatic N) is 1. The lowest BCUT2D eigenvalue weighted by atomic mass is 10.1. The van der Waals surface area contributed by atoms with Crippen LogP contribution in [0.5, 0.6) is 0 Å². The van der Waals surface area contributed by atoms with E-state index < -0.39 is 0 Å². The van der Waals surface area contributed by atoms with E-state index in [2.05, 4.69) is 31.1 Å². The van der Waals surface area contributed by atoms with Gasteiger partial charge in [-0.05, 0) is 20.8 Å². The molecule has 0 amide bonds. The van der Waals surface area contributed by atoms with Crippen molar-refractivity contribution in [1.29, 1.82) is 0 Å². The van der Waals surface area contributed by atoms with Gasteiger partial charge in [0.15, 0.2) is 11.7 Å². The molecule has 0 aromatic carbocycles. The van der Waals surface area contributed by atoms with Crippen LogP contribution in [0, 0.1) is 0 Å². The molecule has 0 bridgehead atoms. The van der Waals surface area contributed by atoms with Crippen molar-refractivity contribution in [3.63, 3.8) is 0 Å². The number of hydrogen-bond donors (Lipinski definition) is 1. The van der Waals surface area contributed by atoms with Crippen molar-refractivity contribution in [3.8, 4) is 0 Å². The van der Waals surface area contributed by atoms with Gasteiger partial charge >= 0.3 is 0 Å². The van der Waals surface area contributed by atoms with Crippen LogP contribution in [0.3, 0.4) is 0 Å². The molecule has 0 radical (unpaired) electrons. The lowest BCUT2D eigenvalue weighted by Crippen LogP contribution is -2.37. The second kappa shape index (κ2) is 5.82. The van der Waals surface area contributed by atoms with E-state index >= 15 is 0 Å². The zero-order valence-electron chi connectivity index (χ0n) is 11.4. The Morgan fingerprint density at radius 3 is 2.89 bits per heavy atom. The summed E-state index contributed by atoms with van der Waals surface area (Å²) in [5.74, 6) is 1.51. The van der Waals surface area contributed by atoms with Crippen LogP contribution in [-0.4, -0.2) is 36.9 Å². The molecular weight excluding hydrogens is 232 g/mol. The van der Waals surface area contributed by atoms with Crippen LogP contribution in [-0.2, 0) is 15.9 Å². The summed E-state index contributed by atoms with van der Waals surface area (Å²) in [6.45, 7) is 9.10. The number of rotatable bonds is 4. The maximum atomic E-state index is 5.68. The molecule has 5 heteroatoms. The highest BCUT2D eigenvalue weighted by atomic mass is 16.6. The molecule has 1 saturated heterocycles. The third-order valence-corrected chi connectivity index (χ3v) is 2.70. The molecule has 1 unspecified atom stereocenters. The van der Waals surface area contributed by atoms with E-state index in [1.165, 1.54) is 0 Å². The fourth-order valence-corrected chi connectivity index (χ4v) is 1.79. The number of oxazole rings is 1. The van der Waals surface area contributed by atoms with Gasteiger partial charge in [0.2, 0.25) is 0 Å². The van der Waals surface area contributed by atoms with Gasteiger partial charge in [0.05, 0.1) is 26.0 Å². The Morgan fingerprint density at radius 2 is 2.22 bits per heavy atom. The van der Waals surface area contributed by atoms with E-state index in [9.17, 15) is 0 Å². The fourth-order valence-electron chi connectivity index (χ4n) is 1.79. The Morgan fingerprint density at radius 1 is 1.39 bits per heavy atom. The second-order valence-electron chi connectivity index (χ2n) is 5.52. The zero-order chi connectivity index (χ0) is 13.0. The minimum absolute atomic E-state index is 0.101. The summed E-state index contributed by atoms with van der Waals surface area (Å²) in [6, 6.07) is 0. The van der Waals surface area contributed by atoms with Crippen molar-refractivity contribution in [2.45, 2.75) is 38.8 Å². The maximum absolute atomic E-state index is 5.68. The van der Waals surface area contributed by atoms with Gasteiger partial charge in [0, 0.05) is 18.5 Å². The van der Waals surface area contributed by atoms with E-state index in [-0.39, 0.29) is 11.6 Å². The van der Waals surface area contributed by atoms with E-state index in [1.807, 2.05) is 0 Å². The van der Waals surface area contributed by atoms with Crippen LogP contribution in [0.25, 0.3) is 0 Å². The molecule has 0 spiro atoms. The molecule has 18 heavy (non-hydrogen) atoms. The third kappa shape index (κ3) is 4.08. The van der Waals surface area contributed by atoms with Crippen LogP contribution >= 0.6 is 0 Å². The van der Waals surface area contributed by atoms with Crippen molar-refractivity contribution in [1.82, 2.24) is 10.3 Å². The summed E-state index contributed by atoms with van der Waals surface area (Å²) in [5, 5.41) is 3.40. The van der Waals surface area contributed by atoms with Crippen molar-refractivity contribution in [2.75, 3.05) is 26.4 Å². The Kier molecular flexibility index (Phi) is 4.37. The standard InChI is InChI=1S/C13H22N2O3/c1-13(2,3)15-5-4-12-14-8-10(18-12)11-9-16-6-7-17-11/h8,11,15H,4-7,9H2,1-3H3. The van der Waals surface area contributed by atoms with Crippen LogP contribution in [0.2, 0.25) is 0 Å². The highest BCUT2D eigenvalue weighted by molar-refractivity contribution is 4.99. The van der Waals surface area contributed by atoms with E-state index in [0.717, 1.165) is 24.6 Å². The van der Waals surface area contributed by atoms with Gasteiger partial charge in [0.25, 0.3) is 0 Å². The van der Waals surface area contributed by atoms with E-state index in [1.54, 1.807) is 6.20 Å². The molecule has 1 aromatic heterocycles. The van der Waals surface area contributed by atoms with Gasteiger partial charge in [-0.15, -0.1) is 0 Å². The predicted octanol–water partition coefficient (Wildman–Crippen LogP) is 1.69. The molecule has 1 aliphatic rings. The van der Waals surface area contributed by atoms with Gasteiger partial charge in [-0.2, -0.15) is 0 Å². The van der Waals surface area contributed by atoms with Crippen molar-refractivity contribution in [3.05, 3.63) is 17.8 Å². The Hall–Kier alpha value is -0.910. The summed E-state index contributed by atoms with van der Waals surface area (Å²) in [5.41, 5.74) is 0.121. The summed E-state index contributed by atoms with van der Waals surface area (Å²) < 4.78 is 16.6. The van der Waals surface area contributed by atoms with Gasteiger partial charge in [-0.1, -0.05) is 0 Å². The predicted molar refractivity (Wildman–Crippen MR) is 67.5 cm³/mol. The molecule has 0 saturated carbocycles. The smallest absolute Gasteiger partial charge is 0.195 e. The van der Waals surface area contributed by atoms with Crippen LogP contribution in [0.4, 0.5) is 0 Å². The lowest BCUT2D eigenvalue weighted by molar-refractivity contribution is -0.0978. The molecule has 1 N–H and O–H groups in total. The number of nitrogens with one attached hydrogen (secondary N) is 1. The minimum Gasteiger partial charge on any atom is -0.443 e. The molecule has 1 aliphatic heterocycles. The van der Waals surface area contributed by atoms with E-state index in [0.29, 0.717) is 19.8 Å². The van der Waals surface area contributed by atoms with Gasteiger partial charge in [0.1, 0.15) is 6.10 Å². The first kappa shape index (κ1) is 13.5. The molecule has 1 fully saturated rings. The molecule has 1 aromatic rings. The highest BCUT2D eigenvalue weighted by Gasteiger charge is 2.20. The largest absolute Gasteiger partial charge is 0.443 e. The Balaban J connectivity index is 1.82. The molecule has 2 heterocycles. The summed E-state index contributed by atoms with van der Waals surface area (Å²) in [7, 11) is 0. The van der Waals surface area contributed by atoms with Gasteiger partial charge in [-0.3, -0.25) is 0 Å². The molecule has 102 valence electrons. The summed E-state index contributed by atoms with van der Waals surface area (Å²) in [6.07, 6.45) is 2.42. The summed E-state index contributed by atoms with van der Waals surface area (Å²) >= 11 is 0. The quantitative estimate of drug-likeness (QED) is 0.886. The molecular formula is C13H22N2O3. The molecule has 0 aliphatic carbocycles. The van der Waals surface area contributed by atoms with Gasteiger partial charge < -0.3 is 19.2 Å². The Labute approximate surface area is 108 Å². The average molecular weight is 254 g/mol. The lowest BCUT2D eigenvalue weighted by Gasteiger charge is -2.20. The third-order valence-electron chi connectivity index (χ3n) is 2.70. The first-order valence-corrected chi connectivity index (χ1v) is 6.43. The number of hydrogen-bond acceptors (Lipinski definition) is 5.